The van der Waals surface area contributed by atoms with Crippen molar-refractivity contribution in [2.75, 3.05) is 0 Å². The number of carbonyl (C=O) groups excluding carboxylic acids is 1. The summed E-state index contributed by atoms with van der Waals surface area (Å²) in [7, 11) is 0. The molecule has 0 aliphatic heterocycles. The molecule has 0 atom stereocenters. The first-order chi connectivity index (χ1) is 9.52. The Kier molecular flexibility index (Phi) is 4.45. The Balaban J connectivity index is 1.95. The number of hydrogen-bond acceptors (Lipinski definition) is 4. The van der Waals surface area contributed by atoms with Gasteiger partial charge in [0.05, 0.1) is 0 Å². The fourth-order valence-electron chi connectivity index (χ4n) is 1.80. The third-order valence-electron chi connectivity index (χ3n) is 2.71. The molecule has 1 aromatic carbocycles. The van der Waals surface area contributed by atoms with E-state index in [1.165, 1.54) is 10.4 Å². The molecule has 0 radical (unpaired) electrons. The van der Waals surface area contributed by atoms with Crippen molar-refractivity contribution in [3.8, 4) is 0 Å². The molecular weight excluding hydrogens is 254 g/mol. The van der Waals surface area contributed by atoms with Crippen LogP contribution in [0.3, 0.4) is 0 Å². The quantitative estimate of drug-likeness (QED) is 0.885. The molecule has 6 heteroatoms. The molecule has 2 aromatic rings. The standard InChI is InChI=1S/C14H19N5O/c1-10(2)15-14(20)9-19-17-13(16-18-19)8-12-6-4-11(3)5-7-12/h4-7,10H,8-9H2,1-3H3,(H,15,20). The minimum absolute atomic E-state index is 0.0963. The summed E-state index contributed by atoms with van der Waals surface area (Å²) in [6.45, 7) is 5.97. The van der Waals surface area contributed by atoms with Crippen molar-refractivity contribution in [3.05, 3.63) is 41.2 Å². The third-order valence-corrected chi connectivity index (χ3v) is 2.71. The topological polar surface area (TPSA) is 72.7 Å². The van der Waals surface area contributed by atoms with Gasteiger partial charge >= 0.3 is 0 Å². The molecule has 106 valence electrons. The number of aryl methyl sites for hydroxylation is 1. The maximum absolute atomic E-state index is 11.6. The van der Waals surface area contributed by atoms with Gasteiger partial charge in [0.1, 0.15) is 6.54 Å². The SMILES string of the molecule is Cc1ccc(Cc2nnn(CC(=O)NC(C)C)n2)cc1. The number of hydrogen-bond donors (Lipinski definition) is 1. The fraction of sp³-hybridized carbons (Fsp3) is 0.429. The maximum atomic E-state index is 11.6. The Bertz CT molecular complexity index is 574. The summed E-state index contributed by atoms with van der Waals surface area (Å²) in [6.07, 6.45) is 0.617. The second-order valence-electron chi connectivity index (χ2n) is 5.12. The van der Waals surface area contributed by atoms with Gasteiger partial charge in [0.25, 0.3) is 0 Å². The van der Waals surface area contributed by atoms with Crippen LogP contribution in [0.2, 0.25) is 0 Å². The highest BCUT2D eigenvalue weighted by molar-refractivity contribution is 5.75. The highest BCUT2D eigenvalue weighted by Crippen LogP contribution is 2.06. The van der Waals surface area contributed by atoms with Gasteiger partial charge in [-0.05, 0) is 31.5 Å². The largest absolute Gasteiger partial charge is 0.352 e. The van der Waals surface area contributed by atoms with Crippen LogP contribution in [0, 0.1) is 6.92 Å². The van der Waals surface area contributed by atoms with Crippen LogP contribution in [0.5, 0.6) is 0 Å². The van der Waals surface area contributed by atoms with Crippen LogP contribution in [0.15, 0.2) is 24.3 Å². The van der Waals surface area contributed by atoms with Gasteiger partial charge in [0.2, 0.25) is 5.91 Å². The van der Waals surface area contributed by atoms with Crippen molar-refractivity contribution >= 4 is 5.91 Å². The Labute approximate surface area is 118 Å². The van der Waals surface area contributed by atoms with E-state index in [1.54, 1.807) is 0 Å². The lowest BCUT2D eigenvalue weighted by Crippen LogP contribution is -2.33. The van der Waals surface area contributed by atoms with Crippen molar-refractivity contribution in [3.63, 3.8) is 0 Å². The number of benzene rings is 1. The fourth-order valence-corrected chi connectivity index (χ4v) is 1.80. The van der Waals surface area contributed by atoms with Crippen LogP contribution in [0.4, 0.5) is 0 Å². The zero-order valence-electron chi connectivity index (χ0n) is 12.0. The molecule has 6 nitrogen and oxygen atoms in total. The molecule has 0 bridgehead atoms. The number of nitrogens with zero attached hydrogens (tertiary/aromatic N) is 4. The van der Waals surface area contributed by atoms with Gasteiger partial charge in [0.15, 0.2) is 5.82 Å². The van der Waals surface area contributed by atoms with E-state index < -0.39 is 0 Å². The molecule has 1 aromatic heterocycles. The summed E-state index contributed by atoms with van der Waals surface area (Å²) in [5, 5.41) is 14.9. The normalized spacial score (nSPS) is 10.8. The average Bonchev–Trinajstić information content (AvgIpc) is 2.78. The number of rotatable bonds is 5. The van der Waals surface area contributed by atoms with Gasteiger partial charge in [-0.2, -0.15) is 4.80 Å². The lowest BCUT2D eigenvalue weighted by molar-refractivity contribution is -0.122. The van der Waals surface area contributed by atoms with Crippen molar-refractivity contribution in [2.45, 2.75) is 39.8 Å². The zero-order valence-corrected chi connectivity index (χ0v) is 12.0. The molecule has 0 spiro atoms. The predicted octanol–water partition coefficient (Wildman–Crippen LogP) is 1.10. The van der Waals surface area contributed by atoms with Crippen molar-refractivity contribution in [1.82, 2.24) is 25.5 Å². The van der Waals surface area contributed by atoms with Crippen LogP contribution in [0.25, 0.3) is 0 Å². The molecule has 0 fully saturated rings. The first kappa shape index (κ1) is 14.2. The van der Waals surface area contributed by atoms with E-state index >= 15 is 0 Å². The molecular formula is C14H19N5O. The number of tetrazole rings is 1. The third kappa shape index (κ3) is 4.15. The average molecular weight is 273 g/mol. The molecule has 0 saturated heterocycles. The first-order valence-electron chi connectivity index (χ1n) is 6.64. The van der Waals surface area contributed by atoms with E-state index in [0.29, 0.717) is 12.2 Å². The molecule has 0 unspecified atom stereocenters. The van der Waals surface area contributed by atoms with E-state index in [0.717, 1.165) is 5.56 Å². The van der Waals surface area contributed by atoms with Crippen molar-refractivity contribution in [1.29, 1.82) is 0 Å². The first-order valence-corrected chi connectivity index (χ1v) is 6.64. The van der Waals surface area contributed by atoms with E-state index in [4.69, 9.17) is 0 Å². The number of amides is 1. The minimum atomic E-state index is -0.112. The molecule has 0 aliphatic rings. The second kappa shape index (κ2) is 6.27. The molecule has 1 heterocycles. The molecule has 1 amide bonds. The molecule has 0 saturated carbocycles. The molecule has 0 aliphatic carbocycles. The molecule has 2 rings (SSSR count). The van der Waals surface area contributed by atoms with Crippen molar-refractivity contribution < 1.29 is 4.79 Å². The summed E-state index contributed by atoms with van der Waals surface area (Å²) in [4.78, 5) is 12.9. The summed E-state index contributed by atoms with van der Waals surface area (Å²) >= 11 is 0. The van der Waals surface area contributed by atoms with Crippen LogP contribution in [-0.2, 0) is 17.8 Å². The van der Waals surface area contributed by atoms with Crippen LogP contribution >= 0.6 is 0 Å². The Hall–Kier alpha value is -2.24. The predicted molar refractivity (Wildman–Crippen MR) is 75.1 cm³/mol. The van der Waals surface area contributed by atoms with Gasteiger partial charge in [-0.1, -0.05) is 29.8 Å². The lowest BCUT2D eigenvalue weighted by atomic mass is 10.1. The van der Waals surface area contributed by atoms with Gasteiger partial charge < -0.3 is 5.32 Å². The Morgan fingerprint density at radius 2 is 2.00 bits per heavy atom. The van der Waals surface area contributed by atoms with Gasteiger partial charge in [-0.15, -0.1) is 10.2 Å². The Morgan fingerprint density at radius 1 is 1.30 bits per heavy atom. The lowest BCUT2D eigenvalue weighted by Gasteiger charge is -2.06. The minimum Gasteiger partial charge on any atom is -0.352 e. The van der Waals surface area contributed by atoms with Crippen LogP contribution < -0.4 is 5.32 Å². The van der Waals surface area contributed by atoms with Crippen LogP contribution in [0.1, 0.15) is 30.8 Å². The molecule has 20 heavy (non-hydrogen) atoms. The van der Waals surface area contributed by atoms with Gasteiger partial charge in [-0.25, -0.2) is 0 Å². The number of nitrogens with one attached hydrogen (secondary N) is 1. The van der Waals surface area contributed by atoms with Crippen molar-refractivity contribution in [2.24, 2.45) is 0 Å². The zero-order chi connectivity index (χ0) is 14.5. The maximum Gasteiger partial charge on any atom is 0.243 e. The highest BCUT2D eigenvalue weighted by atomic mass is 16.2. The smallest absolute Gasteiger partial charge is 0.243 e. The van der Waals surface area contributed by atoms with E-state index in [9.17, 15) is 4.79 Å². The van der Waals surface area contributed by atoms with Crippen LogP contribution in [-0.4, -0.2) is 32.2 Å². The summed E-state index contributed by atoms with van der Waals surface area (Å²) in [6, 6.07) is 8.30. The Morgan fingerprint density at radius 3 is 2.65 bits per heavy atom. The summed E-state index contributed by atoms with van der Waals surface area (Å²) < 4.78 is 0. The molecule has 1 N–H and O–H groups in total. The summed E-state index contributed by atoms with van der Waals surface area (Å²) in [5.74, 6) is 0.505. The number of carbonyl (C=O) groups is 1. The monoisotopic (exact) mass is 273 g/mol. The summed E-state index contributed by atoms with van der Waals surface area (Å²) in [5.41, 5.74) is 2.34. The van der Waals surface area contributed by atoms with E-state index in [1.807, 2.05) is 32.9 Å². The number of aromatic nitrogens is 4. The highest BCUT2D eigenvalue weighted by Gasteiger charge is 2.08. The van der Waals surface area contributed by atoms with E-state index in [-0.39, 0.29) is 18.5 Å². The second-order valence-corrected chi connectivity index (χ2v) is 5.12. The van der Waals surface area contributed by atoms with Gasteiger partial charge in [-0.3, -0.25) is 4.79 Å². The van der Waals surface area contributed by atoms with E-state index in [2.05, 4.69) is 32.9 Å². The van der Waals surface area contributed by atoms with Gasteiger partial charge in [0, 0.05) is 12.5 Å².